The normalized spacial score (nSPS) is 11.6. The van der Waals surface area contributed by atoms with Crippen molar-refractivity contribution in [2.24, 2.45) is 0 Å². The second kappa shape index (κ2) is 8.11. The number of nitrogens with zero attached hydrogens (tertiary/aromatic N) is 1. The molecule has 1 N–H and O–H groups in total. The Hall–Kier alpha value is -1.44. The van der Waals surface area contributed by atoms with Crippen LogP contribution in [0.2, 0.25) is 0 Å². The maximum absolute atomic E-state index is 11.9. The molecule has 0 aromatic heterocycles. The molecule has 0 radical (unpaired) electrons. The summed E-state index contributed by atoms with van der Waals surface area (Å²) in [5, 5.41) is 0. The van der Waals surface area contributed by atoms with Crippen LogP contribution >= 0.6 is 0 Å². The predicted molar refractivity (Wildman–Crippen MR) is 81.6 cm³/mol. The van der Waals surface area contributed by atoms with Crippen LogP contribution in [0, 0.1) is 0 Å². The molecule has 0 saturated carbocycles. The highest BCUT2D eigenvalue weighted by molar-refractivity contribution is 7.88. The Morgan fingerprint density at radius 1 is 1.24 bits per heavy atom. The molecule has 0 spiro atoms. The first kappa shape index (κ1) is 17.6. The maximum atomic E-state index is 11.9. The Labute approximate surface area is 126 Å². The molecule has 0 atom stereocenters. The molecule has 0 aliphatic rings. The lowest BCUT2D eigenvalue weighted by Crippen LogP contribution is -2.28. The number of nitrogens with one attached hydrogen (secondary N) is 1. The molecule has 1 aromatic carbocycles. The first-order chi connectivity index (χ1) is 9.84. The van der Waals surface area contributed by atoms with Crippen LogP contribution in [0.3, 0.4) is 0 Å². The van der Waals surface area contributed by atoms with Gasteiger partial charge in [-0.05, 0) is 44.8 Å². The van der Waals surface area contributed by atoms with E-state index in [9.17, 15) is 13.2 Å². The van der Waals surface area contributed by atoms with Gasteiger partial charge in [0.1, 0.15) is 0 Å². The fourth-order valence-corrected chi connectivity index (χ4v) is 2.94. The lowest BCUT2D eigenvalue weighted by Gasteiger charge is -2.10. The highest BCUT2D eigenvalue weighted by Crippen LogP contribution is 2.08. The van der Waals surface area contributed by atoms with Crippen LogP contribution in [0.4, 0.5) is 0 Å². The minimum absolute atomic E-state index is 0.101. The molecule has 0 amide bonds. The van der Waals surface area contributed by atoms with Crippen molar-refractivity contribution in [1.29, 1.82) is 0 Å². The van der Waals surface area contributed by atoms with E-state index in [4.69, 9.17) is 0 Å². The number of sulfonamides is 1. The summed E-state index contributed by atoms with van der Waals surface area (Å²) in [6.07, 6.45) is 0.757. The Morgan fingerprint density at radius 2 is 1.86 bits per heavy atom. The van der Waals surface area contributed by atoms with Crippen LogP contribution in [0.15, 0.2) is 24.3 Å². The van der Waals surface area contributed by atoms with Gasteiger partial charge in [0.25, 0.3) is 0 Å². The minimum Gasteiger partial charge on any atom is -0.465 e. The summed E-state index contributed by atoms with van der Waals surface area (Å²) in [6, 6.07) is 6.35. The highest BCUT2D eigenvalue weighted by atomic mass is 32.2. The number of hydrogen-bond acceptors (Lipinski definition) is 5. The Kier molecular flexibility index (Phi) is 6.80. The Balaban J connectivity index is 2.53. The fourth-order valence-electron chi connectivity index (χ4n) is 1.75. The molecule has 0 unspecified atom stereocenters. The molecular formula is C14H22N2O4S. The van der Waals surface area contributed by atoms with Gasteiger partial charge in [0, 0.05) is 6.54 Å². The van der Waals surface area contributed by atoms with Crippen molar-refractivity contribution >= 4 is 16.0 Å². The number of methoxy groups -OCH3 is 1. The summed E-state index contributed by atoms with van der Waals surface area (Å²) in [7, 11) is 1.83. The summed E-state index contributed by atoms with van der Waals surface area (Å²) >= 11 is 0. The van der Waals surface area contributed by atoms with Crippen LogP contribution in [-0.4, -0.2) is 53.6 Å². The first-order valence-electron chi connectivity index (χ1n) is 6.63. The van der Waals surface area contributed by atoms with E-state index in [1.807, 2.05) is 19.0 Å². The molecule has 1 rings (SSSR count). The van der Waals surface area contributed by atoms with Crippen LogP contribution in [-0.2, 0) is 20.5 Å². The second-order valence-electron chi connectivity index (χ2n) is 5.00. The number of ether oxygens (including phenoxy) is 1. The number of hydrogen-bond donors (Lipinski definition) is 1. The number of carbonyl (C=O) groups is 1. The number of carbonyl (C=O) groups excluding carboxylic acids is 1. The maximum Gasteiger partial charge on any atom is 0.337 e. The standard InChI is InChI=1S/C14H22N2O4S/c1-16(2)10-4-9-15-21(18,19)11-12-5-7-13(8-6-12)14(17)20-3/h5-8,15H,4,9-11H2,1-3H3. The van der Waals surface area contributed by atoms with Crippen molar-refractivity contribution in [3.63, 3.8) is 0 Å². The van der Waals surface area contributed by atoms with Gasteiger partial charge in [-0.3, -0.25) is 0 Å². The fraction of sp³-hybridized carbons (Fsp3) is 0.500. The SMILES string of the molecule is COC(=O)c1ccc(CS(=O)(=O)NCCCN(C)C)cc1. The van der Waals surface area contributed by atoms with Crippen molar-refractivity contribution < 1.29 is 17.9 Å². The average Bonchev–Trinajstić information content (AvgIpc) is 2.43. The molecule has 6 nitrogen and oxygen atoms in total. The Morgan fingerprint density at radius 3 is 2.38 bits per heavy atom. The lowest BCUT2D eigenvalue weighted by molar-refractivity contribution is 0.0600. The van der Waals surface area contributed by atoms with E-state index in [2.05, 4.69) is 9.46 Å². The first-order valence-corrected chi connectivity index (χ1v) is 8.28. The van der Waals surface area contributed by atoms with Crippen LogP contribution < -0.4 is 4.72 Å². The van der Waals surface area contributed by atoms with Crippen molar-refractivity contribution in [2.75, 3.05) is 34.3 Å². The molecule has 7 heteroatoms. The summed E-state index contributed by atoms with van der Waals surface area (Å²) in [5.41, 5.74) is 1.03. The molecule has 0 heterocycles. The summed E-state index contributed by atoms with van der Waals surface area (Å²) in [6.45, 7) is 1.25. The van der Waals surface area contributed by atoms with Crippen molar-refractivity contribution in [3.05, 3.63) is 35.4 Å². The average molecular weight is 314 g/mol. The van der Waals surface area contributed by atoms with Crippen LogP contribution in [0.25, 0.3) is 0 Å². The van der Waals surface area contributed by atoms with E-state index in [0.717, 1.165) is 13.0 Å². The quantitative estimate of drug-likeness (QED) is 0.568. The summed E-state index contributed by atoms with van der Waals surface area (Å²) in [4.78, 5) is 13.3. The zero-order chi connectivity index (χ0) is 15.9. The largest absolute Gasteiger partial charge is 0.465 e. The summed E-state index contributed by atoms with van der Waals surface area (Å²) < 4.78 is 31.0. The molecule has 21 heavy (non-hydrogen) atoms. The van der Waals surface area contributed by atoms with Gasteiger partial charge in [0.2, 0.25) is 10.0 Å². The highest BCUT2D eigenvalue weighted by Gasteiger charge is 2.12. The van der Waals surface area contributed by atoms with E-state index in [-0.39, 0.29) is 5.75 Å². The van der Waals surface area contributed by atoms with E-state index in [1.54, 1.807) is 24.3 Å². The molecule has 0 aliphatic carbocycles. The van der Waals surface area contributed by atoms with Gasteiger partial charge < -0.3 is 9.64 Å². The van der Waals surface area contributed by atoms with Crippen molar-refractivity contribution in [3.8, 4) is 0 Å². The smallest absolute Gasteiger partial charge is 0.337 e. The monoisotopic (exact) mass is 314 g/mol. The van der Waals surface area contributed by atoms with Crippen LogP contribution in [0.5, 0.6) is 0 Å². The van der Waals surface area contributed by atoms with Crippen molar-refractivity contribution in [2.45, 2.75) is 12.2 Å². The summed E-state index contributed by atoms with van der Waals surface area (Å²) in [5.74, 6) is -0.539. The van der Waals surface area contributed by atoms with E-state index in [0.29, 0.717) is 17.7 Å². The third kappa shape index (κ3) is 6.70. The van der Waals surface area contributed by atoms with Crippen molar-refractivity contribution in [1.82, 2.24) is 9.62 Å². The zero-order valence-corrected chi connectivity index (χ0v) is 13.4. The molecular weight excluding hydrogens is 292 g/mol. The lowest BCUT2D eigenvalue weighted by atomic mass is 10.1. The van der Waals surface area contributed by atoms with Gasteiger partial charge >= 0.3 is 5.97 Å². The Bertz CT molecular complexity index is 553. The van der Waals surface area contributed by atoms with Gasteiger partial charge in [-0.15, -0.1) is 0 Å². The molecule has 0 saturated heterocycles. The molecule has 0 aliphatic heterocycles. The van der Waals surface area contributed by atoms with Gasteiger partial charge in [-0.1, -0.05) is 12.1 Å². The van der Waals surface area contributed by atoms with E-state index in [1.165, 1.54) is 7.11 Å². The topological polar surface area (TPSA) is 75.7 Å². The minimum atomic E-state index is -3.36. The van der Waals surface area contributed by atoms with Gasteiger partial charge in [0.15, 0.2) is 0 Å². The number of benzene rings is 1. The second-order valence-corrected chi connectivity index (χ2v) is 6.81. The van der Waals surface area contributed by atoms with Gasteiger partial charge in [-0.25, -0.2) is 17.9 Å². The third-order valence-corrected chi connectivity index (χ3v) is 4.19. The molecule has 118 valence electrons. The molecule has 0 fully saturated rings. The number of rotatable bonds is 8. The zero-order valence-electron chi connectivity index (χ0n) is 12.6. The van der Waals surface area contributed by atoms with Crippen LogP contribution in [0.1, 0.15) is 22.3 Å². The van der Waals surface area contributed by atoms with E-state index >= 15 is 0 Å². The molecule has 1 aromatic rings. The number of esters is 1. The van der Waals surface area contributed by atoms with Gasteiger partial charge in [0.05, 0.1) is 18.4 Å². The predicted octanol–water partition coefficient (Wildman–Crippen LogP) is 0.844. The van der Waals surface area contributed by atoms with Gasteiger partial charge in [-0.2, -0.15) is 0 Å². The van der Waals surface area contributed by atoms with E-state index < -0.39 is 16.0 Å². The third-order valence-electron chi connectivity index (χ3n) is 2.84. The molecule has 0 bridgehead atoms.